The quantitative estimate of drug-likeness (QED) is 0.619. The summed E-state index contributed by atoms with van der Waals surface area (Å²) < 4.78 is 5.21. The van der Waals surface area contributed by atoms with Gasteiger partial charge in [0.2, 0.25) is 11.8 Å². The van der Waals surface area contributed by atoms with Gasteiger partial charge in [-0.25, -0.2) is 9.97 Å². The normalized spacial score (nSPS) is 18.6. The Hall–Kier alpha value is -2.52. The first-order valence-electron chi connectivity index (χ1n) is 10.9. The van der Waals surface area contributed by atoms with Crippen LogP contribution in [0.15, 0.2) is 23.7 Å². The lowest BCUT2D eigenvalue weighted by Crippen LogP contribution is -2.46. The highest BCUT2D eigenvalue weighted by atomic mass is 32.1. The van der Waals surface area contributed by atoms with Gasteiger partial charge in [0, 0.05) is 42.9 Å². The third kappa shape index (κ3) is 6.01. The molecule has 2 aliphatic rings. The zero-order valence-electron chi connectivity index (χ0n) is 17.8. The van der Waals surface area contributed by atoms with E-state index >= 15 is 0 Å². The van der Waals surface area contributed by atoms with Gasteiger partial charge >= 0.3 is 0 Å². The Morgan fingerprint density at radius 1 is 1.29 bits per heavy atom. The number of anilines is 1. The molecule has 0 aromatic carbocycles. The molecule has 1 atom stereocenters. The van der Waals surface area contributed by atoms with Gasteiger partial charge in [-0.3, -0.25) is 9.59 Å². The second-order valence-corrected chi connectivity index (χ2v) is 8.95. The van der Waals surface area contributed by atoms with Crippen LogP contribution in [0.25, 0.3) is 11.3 Å². The highest BCUT2D eigenvalue weighted by Gasteiger charge is 2.28. The van der Waals surface area contributed by atoms with Crippen LogP contribution in [0.1, 0.15) is 37.6 Å². The Labute approximate surface area is 186 Å². The van der Waals surface area contributed by atoms with Crippen LogP contribution in [0.5, 0.6) is 0 Å². The number of likely N-dealkylation sites (tertiary alicyclic amines) is 1. The van der Waals surface area contributed by atoms with E-state index in [1.54, 1.807) is 4.90 Å². The maximum atomic E-state index is 12.6. The van der Waals surface area contributed by atoms with E-state index in [0.29, 0.717) is 32.3 Å². The van der Waals surface area contributed by atoms with Gasteiger partial charge in [-0.15, -0.1) is 11.3 Å². The molecule has 0 radical (unpaired) electrons. The standard InChI is InChI=1S/C22H29N5O3S/c1-2-30-13-21(28)27-9-3-4-16(12-27)22(29)24-11-20-26-18(14-31-20)15-5-8-19(23-10-15)25-17-6-7-17/h5,8,10,14,16-17H,2-4,6-7,9,11-13H2,1H3,(H,23,25)(H,24,29)/t16-/m0/s1. The molecule has 2 fully saturated rings. The van der Waals surface area contributed by atoms with Crippen molar-refractivity contribution in [2.24, 2.45) is 5.92 Å². The number of aromatic nitrogens is 2. The van der Waals surface area contributed by atoms with Gasteiger partial charge < -0.3 is 20.3 Å². The summed E-state index contributed by atoms with van der Waals surface area (Å²) in [6.07, 6.45) is 5.88. The SMILES string of the molecule is CCOCC(=O)N1CCC[C@H](C(=O)NCc2nc(-c3ccc(NC4CC4)nc3)cs2)C1. The fourth-order valence-electron chi connectivity index (χ4n) is 3.60. The van der Waals surface area contributed by atoms with E-state index in [1.165, 1.54) is 24.2 Å². The molecule has 0 unspecified atom stereocenters. The summed E-state index contributed by atoms with van der Waals surface area (Å²) in [5.41, 5.74) is 1.83. The van der Waals surface area contributed by atoms with Crippen molar-refractivity contribution < 1.29 is 14.3 Å². The van der Waals surface area contributed by atoms with Crippen LogP contribution in [0.3, 0.4) is 0 Å². The van der Waals surface area contributed by atoms with E-state index in [2.05, 4.69) is 20.6 Å². The first-order valence-corrected chi connectivity index (χ1v) is 11.8. The summed E-state index contributed by atoms with van der Waals surface area (Å²) in [5.74, 6) is 0.642. The Morgan fingerprint density at radius 2 is 2.16 bits per heavy atom. The monoisotopic (exact) mass is 443 g/mol. The molecule has 2 N–H and O–H groups in total. The lowest BCUT2D eigenvalue weighted by molar-refractivity contribution is -0.139. The molecule has 0 spiro atoms. The largest absolute Gasteiger partial charge is 0.372 e. The number of amides is 2. The highest BCUT2D eigenvalue weighted by Crippen LogP contribution is 2.26. The fourth-order valence-corrected chi connectivity index (χ4v) is 4.34. The summed E-state index contributed by atoms with van der Waals surface area (Å²) in [4.78, 5) is 35.6. The summed E-state index contributed by atoms with van der Waals surface area (Å²) in [7, 11) is 0. The number of pyridine rings is 1. The molecular formula is C22H29N5O3S. The minimum atomic E-state index is -0.186. The van der Waals surface area contributed by atoms with Gasteiger partial charge in [-0.1, -0.05) is 0 Å². The predicted octanol–water partition coefficient (Wildman–Crippen LogP) is 2.67. The summed E-state index contributed by atoms with van der Waals surface area (Å²) in [6, 6.07) is 4.58. The molecule has 2 amide bonds. The minimum Gasteiger partial charge on any atom is -0.372 e. The van der Waals surface area contributed by atoms with Crippen LogP contribution in [-0.2, 0) is 20.9 Å². The molecule has 1 saturated carbocycles. The molecule has 2 aromatic rings. The molecule has 166 valence electrons. The van der Waals surface area contributed by atoms with Crippen molar-refractivity contribution in [2.75, 3.05) is 31.6 Å². The Balaban J connectivity index is 1.26. The number of nitrogens with zero attached hydrogens (tertiary/aromatic N) is 3. The van der Waals surface area contributed by atoms with Crippen molar-refractivity contribution in [3.05, 3.63) is 28.7 Å². The molecule has 1 aliphatic heterocycles. The van der Waals surface area contributed by atoms with Gasteiger partial charge in [0.25, 0.3) is 0 Å². The second-order valence-electron chi connectivity index (χ2n) is 8.01. The third-order valence-corrected chi connectivity index (χ3v) is 6.38. The van der Waals surface area contributed by atoms with Crippen LogP contribution in [-0.4, -0.2) is 59.0 Å². The van der Waals surface area contributed by atoms with E-state index in [9.17, 15) is 9.59 Å². The lowest BCUT2D eigenvalue weighted by Gasteiger charge is -2.32. The second kappa shape index (κ2) is 10.2. The van der Waals surface area contributed by atoms with Crippen LogP contribution in [0.4, 0.5) is 5.82 Å². The highest BCUT2D eigenvalue weighted by molar-refractivity contribution is 7.09. The first kappa shape index (κ1) is 21.7. The number of carbonyl (C=O) groups excluding carboxylic acids is 2. The molecule has 1 saturated heterocycles. The zero-order valence-corrected chi connectivity index (χ0v) is 18.6. The molecule has 8 nitrogen and oxygen atoms in total. The summed E-state index contributed by atoms with van der Waals surface area (Å²) >= 11 is 1.52. The number of piperidine rings is 1. The molecule has 31 heavy (non-hydrogen) atoms. The predicted molar refractivity (Wildman–Crippen MR) is 120 cm³/mol. The first-order chi connectivity index (χ1) is 15.1. The van der Waals surface area contributed by atoms with E-state index in [4.69, 9.17) is 4.74 Å². The van der Waals surface area contributed by atoms with E-state index in [1.807, 2.05) is 30.6 Å². The number of carbonyl (C=O) groups is 2. The van der Waals surface area contributed by atoms with Gasteiger partial charge in [0.15, 0.2) is 0 Å². The lowest BCUT2D eigenvalue weighted by atomic mass is 9.97. The summed E-state index contributed by atoms with van der Waals surface area (Å²) in [5, 5.41) is 9.20. The van der Waals surface area contributed by atoms with Crippen molar-refractivity contribution in [3.63, 3.8) is 0 Å². The van der Waals surface area contributed by atoms with E-state index in [-0.39, 0.29) is 24.3 Å². The number of nitrogens with one attached hydrogen (secondary N) is 2. The van der Waals surface area contributed by atoms with Gasteiger partial charge in [-0.05, 0) is 44.7 Å². The molecule has 2 aromatic heterocycles. The van der Waals surface area contributed by atoms with Crippen LogP contribution < -0.4 is 10.6 Å². The number of rotatable bonds is 9. The van der Waals surface area contributed by atoms with Crippen molar-refractivity contribution in [3.8, 4) is 11.3 Å². The third-order valence-electron chi connectivity index (χ3n) is 5.53. The Bertz CT molecular complexity index is 897. The Kier molecular flexibility index (Phi) is 7.14. The minimum absolute atomic E-state index is 0.0252. The Morgan fingerprint density at radius 3 is 2.90 bits per heavy atom. The average Bonchev–Trinajstić information content (AvgIpc) is 3.49. The molecule has 4 rings (SSSR count). The van der Waals surface area contributed by atoms with Gasteiger partial charge in [0.1, 0.15) is 17.4 Å². The van der Waals surface area contributed by atoms with Gasteiger partial charge in [0.05, 0.1) is 18.2 Å². The molecule has 1 aliphatic carbocycles. The van der Waals surface area contributed by atoms with Crippen LogP contribution >= 0.6 is 11.3 Å². The van der Waals surface area contributed by atoms with E-state index in [0.717, 1.165) is 34.9 Å². The topological polar surface area (TPSA) is 96.5 Å². The average molecular weight is 444 g/mol. The van der Waals surface area contributed by atoms with Gasteiger partial charge in [-0.2, -0.15) is 0 Å². The van der Waals surface area contributed by atoms with Crippen molar-refractivity contribution in [1.29, 1.82) is 0 Å². The maximum absolute atomic E-state index is 12.6. The number of ether oxygens (including phenoxy) is 1. The smallest absolute Gasteiger partial charge is 0.248 e. The molecule has 9 heteroatoms. The van der Waals surface area contributed by atoms with Crippen LogP contribution in [0, 0.1) is 5.92 Å². The van der Waals surface area contributed by atoms with Crippen molar-refractivity contribution >= 4 is 29.0 Å². The number of thiazole rings is 1. The maximum Gasteiger partial charge on any atom is 0.248 e. The molecular weight excluding hydrogens is 414 g/mol. The van der Waals surface area contributed by atoms with E-state index < -0.39 is 0 Å². The van der Waals surface area contributed by atoms with Crippen molar-refractivity contribution in [2.45, 2.75) is 45.2 Å². The number of hydrogen-bond acceptors (Lipinski definition) is 7. The molecule has 3 heterocycles. The summed E-state index contributed by atoms with van der Waals surface area (Å²) in [6.45, 7) is 3.99. The zero-order chi connectivity index (χ0) is 21.6. The van der Waals surface area contributed by atoms with Crippen molar-refractivity contribution in [1.82, 2.24) is 20.2 Å². The number of hydrogen-bond donors (Lipinski definition) is 2. The fraction of sp³-hybridized carbons (Fsp3) is 0.545. The van der Waals surface area contributed by atoms with Crippen LogP contribution in [0.2, 0.25) is 0 Å². The molecule has 0 bridgehead atoms.